The Morgan fingerprint density at radius 2 is 2.08 bits per heavy atom. The zero-order valence-corrected chi connectivity index (χ0v) is 14.4. The summed E-state index contributed by atoms with van der Waals surface area (Å²) in [4.78, 5) is 21.5. The quantitative estimate of drug-likeness (QED) is 0.816. The minimum atomic E-state index is 0.00927. The van der Waals surface area contributed by atoms with E-state index in [2.05, 4.69) is 27.8 Å². The summed E-state index contributed by atoms with van der Waals surface area (Å²) >= 11 is 0. The average Bonchev–Trinajstić information content (AvgIpc) is 2.60. The molecule has 129 valence electrons. The molecule has 0 atom stereocenters. The zero-order chi connectivity index (χ0) is 17.2. The van der Waals surface area contributed by atoms with E-state index >= 15 is 0 Å². The number of ether oxygens (including phenoxy) is 1. The van der Waals surface area contributed by atoms with Crippen LogP contribution in [-0.2, 0) is 9.53 Å². The molecule has 25 heavy (non-hydrogen) atoms. The Labute approximate surface area is 148 Å². The second kappa shape index (κ2) is 7.10. The maximum atomic E-state index is 12.2. The number of carbonyl (C=O) groups excluding carboxylic acids is 1. The van der Waals surface area contributed by atoms with E-state index in [0.29, 0.717) is 11.7 Å². The maximum Gasteiger partial charge on any atom is 0.231 e. The van der Waals surface area contributed by atoms with Crippen molar-refractivity contribution < 1.29 is 9.53 Å². The predicted molar refractivity (Wildman–Crippen MR) is 98.6 cm³/mol. The van der Waals surface area contributed by atoms with Gasteiger partial charge in [-0.05, 0) is 24.3 Å². The topological polar surface area (TPSA) is 76.1 Å². The highest BCUT2D eigenvalue weighted by atomic mass is 16.5. The summed E-state index contributed by atoms with van der Waals surface area (Å²) in [6.45, 7) is 5.05. The van der Waals surface area contributed by atoms with Crippen molar-refractivity contribution in [2.24, 2.45) is 5.92 Å². The first-order valence-electron chi connectivity index (χ1n) is 8.94. The van der Waals surface area contributed by atoms with Crippen molar-refractivity contribution in [3.8, 4) is 0 Å². The van der Waals surface area contributed by atoms with E-state index in [9.17, 15) is 4.79 Å². The normalized spacial score (nSPS) is 18.8. The van der Waals surface area contributed by atoms with Crippen molar-refractivity contribution in [2.75, 3.05) is 31.6 Å². The van der Waals surface area contributed by atoms with Crippen LogP contribution in [0.25, 0.3) is 11.0 Å². The summed E-state index contributed by atoms with van der Waals surface area (Å²) in [5.74, 6) is 1.02. The monoisotopic (exact) mass is 337 g/mol. The van der Waals surface area contributed by atoms with E-state index in [4.69, 9.17) is 9.72 Å². The number of hydrogen-bond donors (Lipinski definition) is 2. The highest BCUT2D eigenvalue weighted by Crippen LogP contribution is 2.30. The largest absolute Gasteiger partial charge is 0.381 e. The lowest BCUT2D eigenvalue weighted by Crippen LogP contribution is -2.48. The molecular weight excluding hydrogens is 315 g/mol. The lowest BCUT2D eigenvalue weighted by molar-refractivity contribution is -0.121. The number of benzene rings is 1. The average molecular weight is 337 g/mol. The van der Waals surface area contributed by atoms with Gasteiger partial charge in [-0.2, -0.15) is 0 Å². The molecule has 6 nitrogen and oxygen atoms in total. The molecule has 0 bridgehead atoms. The minimum Gasteiger partial charge on any atom is -0.381 e. The van der Waals surface area contributed by atoms with E-state index < -0.39 is 0 Å². The second-order valence-corrected chi connectivity index (χ2v) is 6.72. The van der Waals surface area contributed by atoms with Gasteiger partial charge in [0, 0.05) is 26.3 Å². The number of carbonyl (C=O) groups is 1. The van der Waals surface area contributed by atoms with Gasteiger partial charge in [0.15, 0.2) is 13.1 Å². The molecule has 1 aromatic carbocycles. The number of nitrogens with one attached hydrogen (secondary N) is 2. The SMILES string of the molecule is C[B]c1ccc(C2CCOCC2)c2ncc(NC(=O)C3CNC3)nc12. The van der Waals surface area contributed by atoms with Crippen LogP contribution in [0.5, 0.6) is 0 Å². The molecule has 0 spiro atoms. The van der Waals surface area contributed by atoms with Crippen LogP contribution in [0.4, 0.5) is 5.82 Å². The number of nitrogens with zero attached hydrogens (tertiary/aromatic N) is 2. The zero-order valence-electron chi connectivity index (χ0n) is 14.4. The molecule has 3 heterocycles. The number of rotatable bonds is 4. The molecule has 2 N–H and O–H groups in total. The summed E-state index contributed by atoms with van der Waals surface area (Å²) in [6, 6.07) is 4.27. The van der Waals surface area contributed by atoms with Crippen LogP contribution in [0.15, 0.2) is 18.3 Å². The van der Waals surface area contributed by atoms with Crippen LogP contribution in [-0.4, -0.2) is 49.5 Å². The number of amides is 1. The van der Waals surface area contributed by atoms with E-state index in [-0.39, 0.29) is 11.8 Å². The van der Waals surface area contributed by atoms with E-state index in [1.807, 2.05) is 14.1 Å². The van der Waals surface area contributed by atoms with Crippen LogP contribution in [0, 0.1) is 5.92 Å². The van der Waals surface area contributed by atoms with Crippen molar-refractivity contribution in [1.29, 1.82) is 0 Å². The minimum absolute atomic E-state index is 0.00927. The Hall–Kier alpha value is -1.99. The van der Waals surface area contributed by atoms with Gasteiger partial charge in [0.25, 0.3) is 0 Å². The Balaban J connectivity index is 1.68. The van der Waals surface area contributed by atoms with Crippen LogP contribution in [0.3, 0.4) is 0 Å². The molecule has 2 aliphatic rings. The number of aromatic nitrogens is 2. The number of anilines is 1. The highest BCUT2D eigenvalue weighted by Gasteiger charge is 2.25. The molecular formula is C18H22BN4O2. The van der Waals surface area contributed by atoms with Crippen molar-refractivity contribution in [1.82, 2.24) is 15.3 Å². The van der Waals surface area contributed by atoms with Crippen molar-refractivity contribution in [2.45, 2.75) is 25.6 Å². The van der Waals surface area contributed by atoms with Gasteiger partial charge < -0.3 is 15.4 Å². The summed E-state index contributed by atoms with van der Waals surface area (Å²) < 4.78 is 5.48. The van der Waals surface area contributed by atoms with Gasteiger partial charge in [-0.25, -0.2) is 4.98 Å². The third-order valence-corrected chi connectivity index (χ3v) is 5.14. The summed E-state index contributed by atoms with van der Waals surface area (Å²) in [7, 11) is 2.03. The van der Waals surface area contributed by atoms with Gasteiger partial charge >= 0.3 is 0 Å². The molecule has 2 aliphatic heterocycles. The Morgan fingerprint density at radius 1 is 1.28 bits per heavy atom. The molecule has 1 amide bonds. The Bertz CT molecular complexity index is 788. The van der Waals surface area contributed by atoms with Crippen LogP contribution in [0.2, 0.25) is 6.82 Å². The van der Waals surface area contributed by atoms with E-state index in [1.54, 1.807) is 6.20 Å². The predicted octanol–water partition coefficient (Wildman–Crippen LogP) is 1.06. The molecule has 0 aliphatic carbocycles. The molecule has 1 aromatic heterocycles. The lowest BCUT2D eigenvalue weighted by Gasteiger charge is -2.26. The maximum absolute atomic E-state index is 12.2. The lowest BCUT2D eigenvalue weighted by atomic mass is 9.71. The first-order chi connectivity index (χ1) is 12.3. The smallest absolute Gasteiger partial charge is 0.231 e. The van der Waals surface area contributed by atoms with E-state index in [0.717, 1.165) is 55.6 Å². The van der Waals surface area contributed by atoms with E-state index in [1.165, 1.54) is 5.56 Å². The third-order valence-electron chi connectivity index (χ3n) is 5.14. The molecule has 4 rings (SSSR count). The van der Waals surface area contributed by atoms with Gasteiger partial charge in [-0.3, -0.25) is 9.78 Å². The van der Waals surface area contributed by atoms with Gasteiger partial charge in [0.1, 0.15) is 0 Å². The Morgan fingerprint density at radius 3 is 2.76 bits per heavy atom. The van der Waals surface area contributed by atoms with Crippen molar-refractivity contribution >= 4 is 35.5 Å². The molecule has 0 unspecified atom stereocenters. The molecule has 2 fully saturated rings. The number of hydrogen-bond acceptors (Lipinski definition) is 5. The molecule has 0 saturated carbocycles. The van der Waals surface area contributed by atoms with Gasteiger partial charge in [-0.15, -0.1) is 0 Å². The van der Waals surface area contributed by atoms with Gasteiger partial charge in [-0.1, -0.05) is 24.4 Å². The molecule has 1 radical (unpaired) electrons. The first-order valence-corrected chi connectivity index (χ1v) is 8.94. The summed E-state index contributed by atoms with van der Waals surface area (Å²) in [5.41, 5.74) is 4.07. The third kappa shape index (κ3) is 3.26. The molecule has 2 aromatic rings. The van der Waals surface area contributed by atoms with Gasteiger partial charge in [0.2, 0.25) is 5.91 Å². The van der Waals surface area contributed by atoms with Crippen molar-refractivity contribution in [3.63, 3.8) is 0 Å². The first kappa shape index (κ1) is 16.5. The molecule has 2 saturated heterocycles. The highest BCUT2D eigenvalue weighted by molar-refractivity contribution is 6.55. The van der Waals surface area contributed by atoms with Crippen LogP contribution < -0.4 is 16.1 Å². The second-order valence-electron chi connectivity index (χ2n) is 6.72. The fraction of sp³-hybridized carbons (Fsp3) is 0.500. The summed E-state index contributed by atoms with van der Waals surface area (Å²) in [5, 5.41) is 6.01. The van der Waals surface area contributed by atoms with Crippen LogP contribution in [0.1, 0.15) is 24.3 Å². The van der Waals surface area contributed by atoms with Gasteiger partial charge in [0.05, 0.1) is 23.1 Å². The molecule has 7 heteroatoms. The number of fused-ring (bicyclic) bond motifs is 1. The van der Waals surface area contributed by atoms with Crippen molar-refractivity contribution in [3.05, 3.63) is 23.9 Å². The Kier molecular flexibility index (Phi) is 4.68. The fourth-order valence-electron chi connectivity index (χ4n) is 3.47. The fourth-order valence-corrected chi connectivity index (χ4v) is 3.47. The summed E-state index contributed by atoms with van der Waals surface area (Å²) in [6.07, 6.45) is 3.70. The van der Waals surface area contributed by atoms with Crippen LogP contribution >= 0.6 is 0 Å². The standard InChI is InChI=1S/C18H22BN4O2/c1-19-14-3-2-13(11-4-6-25-7-5-11)16-17(14)22-15(10-21-16)23-18(24)12-8-20-9-12/h2-3,10-12,20H,4-9H2,1H3,(H,22,23,24).